The van der Waals surface area contributed by atoms with E-state index in [0.717, 1.165) is 28.5 Å². The number of hydrogen-bond acceptors (Lipinski definition) is 5. The molecule has 134 valence electrons. The topological polar surface area (TPSA) is 56.0 Å². The van der Waals surface area contributed by atoms with Crippen molar-refractivity contribution >= 4 is 17.5 Å². The SMILES string of the molecule is Cc1cc(C(=O)CSc2nnc(-c3ccccc3F)o2)c(C)c(C)c1C. The Labute approximate surface area is 155 Å². The first kappa shape index (κ1) is 18.3. The van der Waals surface area contributed by atoms with Crippen LogP contribution in [0.5, 0.6) is 0 Å². The molecule has 0 saturated heterocycles. The van der Waals surface area contributed by atoms with Crippen LogP contribution in [0.3, 0.4) is 0 Å². The molecule has 0 amide bonds. The Morgan fingerprint density at radius 2 is 1.81 bits per heavy atom. The van der Waals surface area contributed by atoms with Crippen LogP contribution < -0.4 is 0 Å². The summed E-state index contributed by atoms with van der Waals surface area (Å²) in [6.45, 7) is 8.05. The fourth-order valence-corrected chi connectivity index (χ4v) is 3.36. The quantitative estimate of drug-likeness (QED) is 0.463. The predicted octanol–water partition coefficient (Wildman–Crippen LogP) is 5.08. The maximum Gasteiger partial charge on any atom is 0.277 e. The van der Waals surface area contributed by atoms with Crippen LogP contribution in [0.2, 0.25) is 0 Å². The molecule has 0 aliphatic heterocycles. The Bertz CT molecular complexity index is 982. The van der Waals surface area contributed by atoms with Crippen molar-refractivity contribution in [2.75, 3.05) is 5.75 Å². The molecule has 3 rings (SSSR count). The van der Waals surface area contributed by atoms with E-state index in [0.29, 0.717) is 5.56 Å². The number of Topliss-reactive ketones (excluding diaryl/α,β-unsaturated/α-hetero) is 1. The van der Waals surface area contributed by atoms with Gasteiger partial charge in [-0.25, -0.2) is 4.39 Å². The highest BCUT2D eigenvalue weighted by Crippen LogP contribution is 2.27. The fraction of sp³-hybridized carbons (Fsp3) is 0.250. The molecule has 0 spiro atoms. The average molecular weight is 370 g/mol. The molecular weight excluding hydrogens is 351 g/mol. The standard InChI is InChI=1S/C20H19FN2O2S/c1-11-9-16(14(4)13(3)12(11)2)18(24)10-26-20-23-22-19(25-20)15-7-5-6-8-17(15)21/h5-9H,10H2,1-4H3. The number of carbonyl (C=O) groups excluding carboxylic acids is 1. The Hall–Kier alpha value is -2.47. The van der Waals surface area contributed by atoms with E-state index in [-0.39, 0.29) is 28.2 Å². The van der Waals surface area contributed by atoms with Gasteiger partial charge in [0.2, 0.25) is 0 Å². The molecule has 1 heterocycles. The van der Waals surface area contributed by atoms with Crippen molar-refractivity contribution in [1.29, 1.82) is 0 Å². The van der Waals surface area contributed by atoms with Crippen molar-refractivity contribution in [2.45, 2.75) is 32.9 Å². The van der Waals surface area contributed by atoms with Crippen LogP contribution >= 0.6 is 11.8 Å². The molecule has 1 aromatic heterocycles. The molecule has 0 fully saturated rings. The maximum atomic E-state index is 13.8. The zero-order valence-electron chi connectivity index (χ0n) is 15.1. The normalized spacial score (nSPS) is 11.0. The molecule has 0 bridgehead atoms. The summed E-state index contributed by atoms with van der Waals surface area (Å²) in [5, 5.41) is 8.01. The molecule has 0 N–H and O–H groups in total. The number of thioether (sulfide) groups is 1. The fourth-order valence-electron chi connectivity index (χ4n) is 2.72. The maximum absolute atomic E-state index is 13.8. The molecule has 0 aliphatic rings. The number of rotatable bonds is 5. The monoisotopic (exact) mass is 370 g/mol. The number of ketones is 1. The van der Waals surface area contributed by atoms with Crippen LogP contribution in [0.1, 0.15) is 32.6 Å². The highest BCUT2D eigenvalue weighted by Gasteiger charge is 2.17. The first-order valence-electron chi connectivity index (χ1n) is 8.20. The third kappa shape index (κ3) is 3.55. The Morgan fingerprint density at radius 1 is 1.08 bits per heavy atom. The minimum absolute atomic E-state index is 0.00402. The summed E-state index contributed by atoms with van der Waals surface area (Å²) in [6, 6.07) is 8.13. The summed E-state index contributed by atoms with van der Waals surface area (Å²) in [6.07, 6.45) is 0. The van der Waals surface area contributed by atoms with Crippen molar-refractivity contribution in [2.24, 2.45) is 0 Å². The molecule has 3 aromatic rings. The Kier molecular flexibility index (Phi) is 5.23. The minimum atomic E-state index is -0.426. The van der Waals surface area contributed by atoms with Gasteiger partial charge in [0.05, 0.1) is 11.3 Å². The second-order valence-corrected chi connectivity index (χ2v) is 7.11. The molecule has 2 aromatic carbocycles. The lowest BCUT2D eigenvalue weighted by atomic mass is 9.93. The summed E-state index contributed by atoms with van der Waals surface area (Å²) in [5.74, 6) is -0.132. The van der Waals surface area contributed by atoms with E-state index in [2.05, 4.69) is 17.1 Å². The van der Waals surface area contributed by atoms with Crippen molar-refractivity contribution < 1.29 is 13.6 Å². The average Bonchev–Trinajstić information content (AvgIpc) is 3.10. The first-order chi connectivity index (χ1) is 12.4. The van der Waals surface area contributed by atoms with Crippen molar-refractivity contribution in [3.05, 3.63) is 64.0 Å². The molecule has 0 atom stereocenters. The molecule has 4 nitrogen and oxygen atoms in total. The van der Waals surface area contributed by atoms with Crippen molar-refractivity contribution in [3.8, 4) is 11.5 Å². The number of benzene rings is 2. The summed E-state index contributed by atoms with van der Waals surface area (Å²) < 4.78 is 19.3. The number of aromatic nitrogens is 2. The van der Waals surface area contributed by atoms with Gasteiger partial charge in [-0.05, 0) is 68.1 Å². The highest BCUT2D eigenvalue weighted by molar-refractivity contribution is 7.99. The highest BCUT2D eigenvalue weighted by atomic mass is 32.2. The van der Waals surface area contributed by atoms with Gasteiger partial charge in [0.25, 0.3) is 11.1 Å². The van der Waals surface area contributed by atoms with Gasteiger partial charge in [-0.1, -0.05) is 23.9 Å². The Morgan fingerprint density at radius 3 is 2.54 bits per heavy atom. The first-order valence-corrected chi connectivity index (χ1v) is 9.19. The van der Waals surface area contributed by atoms with Gasteiger partial charge in [0.15, 0.2) is 5.78 Å². The third-order valence-electron chi connectivity index (χ3n) is 4.62. The molecule has 26 heavy (non-hydrogen) atoms. The summed E-state index contributed by atoms with van der Waals surface area (Å²) in [4.78, 5) is 12.6. The van der Waals surface area contributed by atoms with E-state index < -0.39 is 5.82 Å². The van der Waals surface area contributed by atoms with Crippen molar-refractivity contribution in [1.82, 2.24) is 10.2 Å². The summed E-state index contributed by atoms with van der Waals surface area (Å²) in [7, 11) is 0. The van der Waals surface area contributed by atoms with E-state index >= 15 is 0 Å². The molecule has 6 heteroatoms. The number of aryl methyl sites for hydroxylation is 1. The van der Waals surface area contributed by atoms with E-state index in [4.69, 9.17) is 4.42 Å². The van der Waals surface area contributed by atoms with Gasteiger partial charge in [-0.3, -0.25) is 4.79 Å². The van der Waals surface area contributed by atoms with E-state index in [9.17, 15) is 9.18 Å². The summed E-state index contributed by atoms with van der Waals surface area (Å²) >= 11 is 1.16. The van der Waals surface area contributed by atoms with E-state index in [1.54, 1.807) is 18.2 Å². The van der Waals surface area contributed by atoms with E-state index in [1.807, 2.05) is 26.8 Å². The van der Waals surface area contributed by atoms with Gasteiger partial charge in [0, 0.05) is 5.56 Å². The lowest BCUT2D eigenvalue weighted by molar-refractivity contribution is 0.102. The largest absolute Gasteiger partial charge is 0.411 e. The van der Waals surface area contributed by atoms with Gasteiger partial charge >= 0.3 is 0 Å². The molecular formula is C20H19FN2O2S. The van der Waals surface area contributed by atoms with Crippen LogP contribution in [0.4, 0.5) is 4.39 Å². The van der Waals surface area contributed by atoms with Gasteiger partial charge in [0.1, 0.15) is 5.82 Å². The van der Waals surface area contributed by atoms with Crippen LogP contribution in [-0.4, -0.2) is 21.7 Å². The summed E-state index contributed by atoms with van der Waals surface area (Å²) in [5.41, 5.74) is 5.40. The molecule has 0 saturated carbocycles. The zero-order chi connectivity index (χ0) is 18.8. The second-order valence-electron chi connectivity index (χ2n) is 6.18. The zero-order valence-corrected chi connectivity index (χ0v) is 15.9. The van der Waals surface area contributed by atoms with Crippen LogP contribution in [0.25, 0.3) is 11.5 Å². The second kappa shape index (κ2) is 7.41. The number of hydrogen-bond donors (Lipinski definition) is 0. The smallest absolute Gasteiger partial charge is 0.277 e. The Balaban J connectivity index is 1.74. The number of carbonyl (C=O) groups is 1. The molecule has 0 aliphatic carbocycles. The molecule has 0 radical (unpaired) electrons. The third-order valence-corrected chi connectivity index (χ3v) is 5.44. The van der Waals surface area contributed by atoms with E-state index in [1.165, 1.54) is 11.6 Å². The van der Waals surface area contributed by atoms with Gasteiger partial charge < -0.3 is 4.42 Å². The number of nitrogens with zero attached hydrogens (tertiary/aromatic N) is 2. The van der Waals surface area contributed by atoms with Crippen LogP contribution in [0.15, 0.2) is 40.0 Å². The van der Waals surface area contributed by atoms with Gasteiger partial charge in [-0.15, -0.1) is 10.2 Å². The van der Waals surface area contributed by atoms with Crippen molar-refractivity contribution in [3.63, 3.8) is 0 Å². The van der Waals surface area contributed by atoms with Crippen LogP contribution in [0, 0.1) is 33.5 Å². The lowest BCUT2D eigenvalue weighted by Crippen LogP contribution is -2.08. The molecule has 0 unspecified atom stereocenters. The minimum Gasteiger partial charge on any atom is -0.411 e. The van der Waals surface area contributed by atoms with Crippen LogP contribution in [-0.2, 0) is 0 Å². The predicted molar refractivity (Wildman–Crippen MR) is 100 cm³/mol. The van der Waals surface area contributed by atoms with Gasteiger partial charge in [-0.2, -0.15) is 0 Å². The lowest BCUT2D eigenvalue weighted by Gasteiger charge is -2.13. The number of halogens is 1.